The molecular formula is C17H27BrN2O. The SMILES string of the molecule is CCC(CC)N(CCO)c1ccc(CNC2CC2)c(Br)c1. The van der Waals surface area contributed by atoms with E-state index in [1.165, 1.54) is 24.1 Å². The fourth-order valence-electron chi connectivity index (χ4n) is 2.76. The summed E-state index contributed by atoms with van der Waals surface area (Å²) in [5.41, 5.74) is 2.50. The smallest absolute Gasteiger partial charge is 0.0606 e. The van der Waals surface area contributed by atoms with Crippen molar-refractivity contribution in [2.45, 2.75) is 58.2 Å². The van der Waals surface area contributed by atoms with Crippen LogP contribution in [0.5, 0.6) is 0 Å². The highest BCUT2D eigenvalue weighted by molar-refractivity contribution is 9.10. The third kappa shape index (κ3) is 4.70. The molecule has 118 valence electrons. The zero-order valence-electron chi connectivity index (χ0n) is 13.1. The molecule has 21 heavy (non-hydrogen) atoms. The number of aliphatic hydroxyl groups is 1. The predicted octanol–water partition coefficient (Wildman–Crippen LogP) is 3.69. The minimum atomic E-state index is 0.194. The summed E-state index contributed by atoms with van der Waals surface area (Å²) in [6.07, 6.45) is 4.82. The van der Waals surface area contributed by atoms with Crippen molar-refractivity contribution >= 4 is 21.6 Å². The van der Waals surface area contributed by atoms with Gasteiger partial charge in [0.2, 0.25) is 0 Å². The molecule has 0 aromatic heterocycles. The summed E-state index contributed by atoms with van der Waals surface area (Å²) in [4.78, 5) is 2.32. The molecule has 2 N–H and O–H groups in total. The van der Waals surface area contributed by atoms with E-state index in [0.29, 0.717) is 12.6 Å². The predicted molar refractivity (Wildman–Crippen MR) is 92.8 cm³/mol. The lowest BCUT2D eigenvalue weighted by molar-refractivity contribution is 0.296. The van der Waals surface area contributed by atoms with Gasteiger partial charge in [-0.05, 0) is 43.4 Å². The van der Waals surface area contributed by atoms with Gasteiger partial charge in [0, 0.05) is 35.3 Å². The number of benzene rings is 1. The monoisotopic (exact) mass is 354 g/mol. The van der Waals surface area contributed by atoms with Gasteiger partial charge in [0.25, 0.3) is 0 Å². The molecule has 0 spiro atoms. The van der Waals surface area contributed by atoms with Gasteiger partial charge in [0.05, 0.1) is 6.61 Å². The van der Waals surface area contributed by atoms with Crippen LogP contribution >= 0.6 is 15.9 Å². The van der Waals surface area contributed by atoms with Crippen LogP contribution in [0.1, 0.15) is 45.1 Å². The van der Waals surface area contributed by atoms with Crippen LogP contribution in [0.15, 0.2) is 22.7 Å². The van der Waals surface area contributed by atoms with Crippen LogP contribution in [-0.4, -0.2) is 30.3 Å². The van der Waals surface area contributed by atoms with Crippen molar-refractivity contribution in [3.05, 3.63) is 28.2 Å². The van der Waals surface area contributed by atoms with Gasteiger partial charge >= 0.3 is 0 Å². The Labute approximate surface area is 136 Å². The molecule has 0 amide bonds. The Morgan fingerprint density at radius 1 is 1.33 bits per heavy atom. The molecule has 1 fully saturated rings. The molecule has 0 bridgehead atoms. The van der Waals surface area contributed by atoms with Gasteiger partial charge in [-0.1, -0.05) is 35.8 Å². The molecule has 2 rings (SSSR count). The lowest BCUT2D eigenvalue weighted by atomic mass is 10.1. The number of hydrogen-bond acceptors (Lipinski definition) is 3. The Hall–Kier alpha value is -0.580. The lowest BCUT2D eigenvalue weighted by Crippen LogP contribution is -2.36. The van der Waals surface area contributed by atoms with Gasteiger partial charge in [0.1, 0.15) is 0 Å². The quantitative estimate of drug-likeness (QED) is 0.709. The van der Waals surface area contributed by atoms with Gasteiger partial charge in [-0.3, -0.25) is 0 Å². The highest BCUT2D eigenvalue weighted by atomic mass is 79.9. The maximum absolute atomic E-state index is 9.35. The van der Waals surface area contributed by atoms with E-state index in [4.69, 9.17) is 0 Å². The van der Waals surface area contributed by atoms with E-state index in [-0.39, 0.29) is 6.61 Å². The summed E-state index contributed by atoms with van der Waals surface area (Å²) in [5.74, 6) is 0. The zero-order chi connectivity index (χ0) is 15.2. The summed E-state index contributed by atoms with van der Waals surface area (Å²) in [6, 6.07) is 7.79. The standard InChI is InChI=1S/C17H27BrN2O/c1-3-15(4-2)20(9-10-21)16-8-5-13(17(18)11-16)12-19-14-6-7-14/h5,8,11,14-15,19,21H,3-4,6-7,9-10,12H2,1-2H3. The van der Waals surface area contributed by atoms with Crippen molar-refractivity contribution in [2.75, 3.05) is 18.1 Å². The number of anilines is 1. The van der Waals surface area contributed by atoms with E-state index < -0.39 is 0 Å². The van der Waals surface area contributed by atoms with Crippen molar-refractivity contribution in [1.29, 1.82) is 0 Å². The van der Waals surface area contributed by atoms with Crippen LogP contribution in [0.25, 0.3) is 0 Å². The highest BCUT2D eigenvalue weighted by Gasteiger charge is 2.21. The van der Waals surface area contributed by atoms with Crippen molar-refractivity contribution in [2.24, 2.45) is 0 Å². The second-order valence-electron chi connectivity index (χ2n) is 5.82. The van der Waals surface area contributed by atoms with E-state index in [2.05, 4.69) is 58.2 Å². The Bertz CT molecular complexity index is 444. The Morgan fingerprint density at radius 2 is 2.05 bits per heavy atom. The van der Waals surface area contributed by atoms with Crippen LogP contribution in [0, 0.1) is 0 Å². The average molecular weight is 355 g/mol. The second-order valence-corrected chi connectivity index (χ2v) is 6.67. The summed E-state index contributed by atoms with van der Waals surface area (Å²) in [7, 11) is 0. The largest absolute Gasteiger partial charge is 0.395 e. The topological polar surface area (TPSA) is 35.5 Å². The first kappa shape index (κ1) is 16.8. The number of hydrogen-bond donors (Lipinski definition) is 2. The molecule has 1 aromatic carbocycles. The molecule has 1 saturated carbocycles. The number of aliphatic hydroxyl groups excluding tert-OH is 1. The first-order chi connectivity index (χ1) is 10.2. The van der Waals surface area contributed by atoms with Crippen LogP contribution < -0.4 is 10.2 Å². The van der Waals surface area contributed by atoms with Gasteiger partial charge in [0.15, 0.2) is 0 Å². The molecule has 0 radical (unpaired) electrons. The fourth-order valence-corrected chi connectivity index (χ4v) is 3.27. The van der Waals surface area contributed by atoms with Crippen molar-refractivity contribution in [3.8, 4) is 0 Å². The summed E-state index contributed by atoms with van der Waals surface area (Å²) < 4.78 is 1.15. The minimum absolute atomic E-state index is 0.194. The molecule has 0 saturated heterocycles. The Morgan fingerprint density at radius 3 is 2.57 bits per heavy atom. The molecule has 0 unspecified atom stereocenters. The van der Waals surface area contributed by atoms with Crippen LogP contribution in [0.4, 0.5) is 5.69 Å². The molecule has 3 nitrogen and oxygen atoms in total. The van der Waals surface area contributed by atoms with E-state index >= 15 is 0 Å². The first-order valence-electron chi connectivity index (χ1n) is 8.08. The minimum Gasteiger partial charge on any atom is -0.395 e. The summed E-state index contributed by atoms with van der Waals surface area (Å²) >= 11 is 3.70. The Balaban J connectivity index is 2.10. The van der Waals surface area contributed by atoms with Crippen molar-refractivity contribution < 1.29 is 5.11 Å². The van der Waals surface area contributed by atoms with E-state index in [1.807, 2.05) is 0 Å². The van der Waals surface area contributed by atoms with E-state index in [0.717, 1.165) is 29.9 Å². The lowest BCUT2D eigenvalue weighted by Gasteiger charge is -2.32. The number of nitrogens with zero attached hydrogens (tertiary/aromatic N) is 1. The molecule has 1 aliphatic rings. The van der Waals surface area contributed by atoms with Gasteiger partial charge in [-0.2, -0.15) is 0 Å². The normalized spacial score (nSPS) is 14.7. The second kappa shape index (κ2) is 8.16. The van der Waals surface area contributed by atoms with Crippen molar-refractivity contribution in [1.82, 2.24) is 5.32 Å². The maximum Gasteiger partial charge on any atom is 0.0606 e. The molecule has 1 aliphatic carbocycles. The summed E-state index contributed by atoms with van der Waals surface area (Å²) in [6.45, 7) is 6.23. The average Bonchev–Trinajstić information content (AvgIpc) is 3.30. The van der Waals surface area contributed by atoms with Gasteiger partial charge < -0.3 is 15.3 Å². The van der Waals surface area contributed by atoms with Crippen molar-refractivity contribution in [3.63, 3.8) is 0 Å². The molecular weight excluding hydrogens is 328 g/mol. The third-order valence-electron chi connectivity index (χ3n) is 4.25. The fraction of sp³-hybridized carbons (Fsp3) is 0.647. The molecule has 0 heterocycles. The maximum atomic E-state index is 9.35. The van der Waals surface area contributed by atoms with E-state index in [9.17, 15) is 5.11 Å². The van der Waals surface area contributed by atoms with Gasteiger partial charge in [-0.25, -0.2) is 0 Å². The molecule has 0 aliphatic heterocycles. The van der Waals surface area contributed by atoms with Gasteiger partial charge in [-0.15, -0.1) is 0 Å². The van der Waals surface area contributed by atoms with Crippen LogP contribution in [0.3, 0.4) is 0 Å². The Kier molecular flexibility index (Phi) is 6.52. The summed E-state index contributed by atoms with van der Waals surface area (Å²) in [5, 5.41) is 12.9. The number of rotatable bonds is 9. The van der Waals surface area contributed by atoms with Crippen LogP contribution in [0.2, 0.25) is 0 Å². The highest BCUT2D eigenvalue weighted by Crippen LogP contribution is 2.28. The zero-order valence-corrected chi connectivity index (χ0v) is 14.7. The van der Waals surface area contributed by atoms with Crippen LogP contribution in [-0.2, 0) is 6.54 Å². The van der Waals surface area contributed by atoms with E-state index in [1.54, 1.807) is 0 Å². The number of nitrogens with one attached hydrogen (secondary N) is 1. The molecule has 1 aromatic rings. The molecule has 0 atom stereocenters. The first-order valence-corrected chi connectivity index (χ1v) is 8.88. The number of halogens is 1. The third-order valence-corrected chi connectivity index (χ3v) is 4.99. The molecule has 4 heteroatoms.